The third-order valence-electron chi connectivity index (χ3n) is 5.02. The normalized spacial score (nSPS) is 12.6. The molecule has 3 N–H and O–H groups in total. The topological polar surface area (TPSA) is 109 Å². The summed E-state index contributed by atoms with van der Waals surface area (Å²) in [6.07, 6.45) is 1.35. The number of hydrogen-bond donors (Lipinski definition) is 4. The van der Waals surface area contributed by atoms with Crippen LogP contribution < -0.4 is 10.6 Å². The number of carbonyl (C=O) groups excluding carboxylic acids is 2. The van der Waals surface area contributed by atoms with Gasteiger partial charge in [-0.25, -0.2) is 4.79 Å². The Morgan fingerprint density at radius 1 is 0.971 bits per heavy atom. The van der Waals surface area contributed by atoms with Gasteiger partial charge in [-0.3, -0.25) is 9.59 Å². The lowest BCUT2D eigenvalue weighted by Crippen LogP contribution is -2.53. The smallest absolute Gasteiger partial charge is 0.327 e. The number of amides is 2. The summed E-state index contributed by atoms with van der Waals surface area (Å²) < 4.78 is 4.45. The van der Waals surface area contributed by atoms with E-state index in [1.165, 1.54) is 6.08 Å². The quantitative estimate of drug-likeness (QED) is 0.285. The van der Waals surface area contributed by atoms with Crippen molar-refractivity contribution in [1.82, 2.24) is 10.6 Å². The van der Waals surface area contributed by atoms with E-state index in [4.69, 9.17) is 4.42 Å². The van der Waals surface area contributed by atoms with Gasteiger partial charge in [-0.15, -0.1) is 0 Å². The van der Waals surface area contributed by atoms with Gasteiger partial charge >= 0.3 is 5.97 Å². The molecule has 1 aromatic heterocycles. The zero-order valence-corrected chi connectivity index (χ0v) is 19.9. The molecule has 0 saturated carbocycles. The maximum absolute atomic E-state index is 13.0. The molecule has 1 heterocycles. The van der Waals surface area contributed by atoms with Gasteiger partial charge in [0.2, 0.25) is 0 Å². The van der Waals surface area contributed by atoms with Crippen molar-refractivity contribution in [3.8, 4) is 11.1 Å². The van der Waals surface area contributed by atoms with Crippen molar-refractivity contribution >= 4 is 36.5 Å². The molecular weight excluding hydrogens is 452 g/mol. The van der Waals surface area contributed by atoms with Crippen LogP contribution in [0.5, 0.6) is 0 Å². The molecule has 0 radical (unpaired) electrons. The molecule has 0 aliphatic rings. The Morgan fingerprint density at radius 2 is 1.59 bits per heavy atom. The summed E-state index contributed by atoms with van der Waals surface area (Å²) in [4.78, 5) is 37.6. The maximum Gasteiger partial charge on any atom is 0.327 e. The van der Waals surface area contributed by atoms with Gasteiger partial charge in [0.15, 0.2) is 0 Å². The van der Waals surface area contributed by atoms with E-state index < -0.39 is 28.6 Å². The number of furan rings is 1. The standard InChI is InChI=1S/C26H26N2O5S/c1-16-9-14-20(33-16)15-21(24(30)28-22(25(31)32)26(2,3)34)27-23(29)19-12-10-18(11-13-19)17-7-5-4-6-8-17/h4-15,22,34H,1-3H3,(H,27,29)(H,28,30)(H,31,32). The average molecular weight is 479 g/mol. The second-order valence-electron chi connectivity index (χ2n) is 8.30. The molecule has 34 heavy (non-hydrogen) atoms. The summed E-state index contributed by atoms with van der Waals surface area (Å²) in [5.41, 5.74) is 2.13. The molecule has 0 fully saturated rings. The second kappa shape index (κ2) is 10.4. The number of benzene rings is 2. The average Bonchev–Trinajstić information content (AvgIpc) is 3.21. The number of hydrogen-bond acceptors (Lipinski definition) is 5. The molecule has 3 aromatic rings. The Hall–Kier alpha value is -3.78. The minimum absolute atomic E-state index is 0.157. The van der Waals surface area contributed by atoms with Crippen molar-refractivity contribution in [1.29, 1.82) is 0 Å². The van der Waals surface area contributed by atoms with Crippen molar-refractivity contribution in [3.63, 3.8) is 0 Å². The number of carbonyl (C=O) groups is 3. The maximum atomic E-state index is 13.0. The molecule has 2 amide bonds. The fourth-order valence-corrected chi connectivity index (χ4v) is 3.40. The molecule has 0 aliphatic carbocycles. The first-order chi connectivity index (χ1) is 16.0. The summed E-state index contributed by atoms with van der Waals surface area (Å²) in [6.45, 7) is 4.89. The van der Waals surface area contributed by atoms with Gasteiger partial charge < -0.3 is 20.2 Å². The minimum Gasteiger partial charge on any atom is -0.480 e. The summed E-state index contributed by atoms with van der Waals surface area (Å²) in [5.74, 6) is -1.60. The van der Waals surface area contributed by atoms with Crippen LogP contribution in [0, 0.1) is 6.92 Å². The molecule has 1 atom stereocenters. The van der Waals surface area contributed by atoms with Gasteiger partial charge in [0.05, 0.1) is 0 Å². The van der Waals surface area contributed by atoms with Gasteiger partial charge in [-0.05, 0) is 56.2 Å². The van der Waals surface area contributed by atoms with E-state index in [9.17, 15) is 19.5 Å². The minimum atomic E-state index is -1.30. The van der Waals surface area contributed by atoms with Crippen LogP contribution >= 0.6 is 12.6 Å². The summed E-state index contributed by atoms with van der Waals surface area (Å²) in [5, 5.41) is 14.5. The van der Waals surface area contributed by atoms with E-state index >= 15 is 0 Å². The van der Waals surface area contributed by atoms with Crippen LogP contribution in [-0.2, 0) is 9.59 Å². The molecule has 8 heteroatoms. The van der Waals surface area contributed by atoms with Crippen LogP contribution in [0.1, 0.15) is 35.7 Å². The van der Waals surface area contributed by atoms with E-state index in [-0.39, 0.29) is 5.70 Å². The number of aryl methyl sites for hydroxylation is 1. The van der Waals surface area contributed by atoms with Crippen LogP contribution in [0.2, 0.25) is 0 Å². The third-order valence-corrected chi connectivity index (χ3v) is 5.28. The SMILES string of the molecule is Cc1ccc(C=C(NC(=O)c2ccc(-c3ccccc3)cc2)C(=O)NC(C(=O)O)C(C)(C)S)o1. The molecule has 7 nitrogen and oxygen atoms in total. The molecule has 0 saturated heterocycles. The Morgan fingerprint density at radius 3 is 2.12 bits per heavy atom. The molecule has 176 valence electrons. The molecular formula is C26H26N2O5S. The van der Waals surface area contributed by atoms with Gasteiger partial charge in [0.1, 0.15) is 23.3 Å². The van der Waals surface area contributed by atoms with Crippen molar-refractivity contribution in [2.24, 2.45) is 0 Å². The Balaban J connectivity index is 1.85. The number of carboxylic acids is 1. The fourth-order valence-electron chi connectivity index (χ4n) is 3.22. The molecule has 0 spiro atoms. The predicted molar refractivity (Wildman–Crippen MR) is 133 cm³/mol. The Kier molecular flexibility index (Phi) is 7.63. The van der Waals surface area contributed by atoms with Crippen molar-refractivity contribution in [3.05, 3.63) is 89.5 Å². The number of rotatable bonds is 8. The predicted octanol–water partition coefficient (Wildman–Crippen LogP) is 4.30. The molecule has 0 bridgehead atoms. The number of aliphatic carboxylic acids is 1. The van der Waals surface area contributed by atoms with E-state index in [2.05, 4.69) is 23.3 Å². The number of carboxylic acid groups (broad SMARTS) is 1. The van der Waals surface area contributed by atoms with Crippen molar-refractivity contribution in [2.75, 3.05) is 0 Å². The lowest BCUT2D eigenvalue weighted by Gasteiger charge is -2.27. The van der Waals surface area contributed by atoms with Gasteiger partial charge in [-0.2, -0.15) is 12.6 Å². The van der Waals surface area contributed by atoms with Crippen LogP contribution in [0.15, 0.2) is 76.8 Å². The first kappa shape index (κ1) is 24.9. The highest BCUT2D eigenvalue weighted by Gasteiger charge is 2.34. The molecule has 1 unspecified atom stereocenters. The molecule has 0 aliphatic heterocycles. The number of nitrogens with one attached hydrogen (secondary N) is 2. The summed E-state index contributed by atoms with van der Waals surface area (Å²) in [7, 11) is 0. The summed E-state index contributed by atoms with van der Waals surface area (Å²) >= 11 is 4.28. The Bertz CT molecular complexity index is 1210. The van der Waals surface area contributed by atoms with Crippen LogP contribution in [0.25, 0.3) is 17.2 Å². The monoisotopic (exact) mass is 478 g/mol. The fraction of sp³-hybridized carbons (Fsp3) is 0.192. The highest BCUT2D eigenvalue weighted by molar-refractivity contribution is 7.81. The first-order valence-electron chi connectivity index (χ1n) is 10.6. The molecule has 3 rings (SSSR count). The van der Waals surface area contributed by atoms with E-state index in [0.717, 1.165) is 11.1 Å². The van der Waals surface area contributed by atoms with Crippen LogP contribution in [-0.4, -0.2) is 33.7 Å². The van der Waals surface area contributed by atoms with Gasteiger partial charge in [0.25, 0.3) is 11.8 Å². The third kappa shape index (κ3) is 6.39. The van der Waals surface area contributed by atoms with E-state index in [1.807, 2.05) is 42.5 Å². The van der Waals surface area contributed by atoms with Crippen molar-refractivity contribution < 1.29 is 23.9 Å². The van der Waals surface area contributed by atoms with E-state index in [1.54, 1.807) is 45.0 Å². The Labute approximate surface area is 203 Å². The van der Waals surface area contributed by atoms with Crippen LogP contribution in [0.4, 0.5) is 0 Å². The lowest BCUT2D eigenvalue weighted by atomic mass is 10.0. The van der Waals surface area contributed by atoms with Gasteiger partial charge in [-0.1, -0.05) is 42.5 Å². The second-order valence-corrected chi connectivity index (χ2v) is 9.45. The number of thiol groups is 1. The zero-order valence-electron chi connectivity index (χ0n) is 19.0. The lowest BCUT2D eigenvalue weighted by molar-refractivity contribution is -0.142. The highest BCUT2D eigenvalue weighted by Crippen LogP contribution is 2.21. The summed E-state index contributed by atoms with van der Waals surface area (Å²) in [6, 6.07) is 18.7. The van der Waals surface area contributed by atoms with E-state index in [0.29, 0.717) is 17.1 Å². The highest BCUT2D eigenvalue weighted by atomic mass is 32.1. The first-order valence-corrected chi connectivity index (χ1v) is 11.0. The van der Waals surface area contributed by atoms with Crippen LogP contribution in [0.3, 0.4) is 0 Å². The van der Waals surface area contributed by atoms with Crippen molar-refractivity contribution in [2.45, 2.75) is 31.6 Å². The zero-order chi connectivity index (χ0) is 24.9. The molecule has 2 aromatic carbocycles. The van der Waals surface area contributed by atoms with Gasteiger partial charge in [0, 0.05) is 16.4 Å². The largest absolute Gasteiger partial charge is 0.480 e.